The van der Waals surface area contributed by atoms with Crippen molar-refractivity contribution >= 4 is 17.7 Å². The molecule has 0 aromatic carbocycles. The highest BCUT2D eigenvalue weighted by Gasteiger charge is 2.25. The van der Waals surface area contributed by atoms with Crippen LogP contribution in [0.15, 0.2) is 47.2 Å². The quantitative estimate of drug-likeness (QED) is 0.506. The van der Waals surface area contributed by atoms with Gasteiger partial charge in [-0.3, -0.25) is 9.88 Å². The Bertz CT molecular complexity index is 1090. The molecule has 4 aromatic heterocycles. The van der Waals surface area contributed by atoms with Crippen molar-refractivity contribution in [1.82, 2.24) is 34.4 Å². The van der Waals surface area contributed by atoms with E-state index >= 15 is 0 Å². The fraction of sp³-hybridized carbons (Fsp3) is 0.316. The summed E-state index contributed by atoms with van der Waals surface area (Å²) in [5.41, 5.74) is 7.14. The number of anilines is 2. The largest absolute Gasteiger partial charge is 0.461 e. The molecule has 4 aromatic rings. The number of pyridine rings is 1. The molecule has 29 heavy (non-hydrogen) atoms. The number of likely N-dealkylation sites (tertiary alicyclic amines) is 1. The average Bonchev–Trinajstić information content (AvgIpc) is 3.48. The monoisotopic (exact) mass is 391 g/mol. The average molecular weight is 391 g/mol. The second kappa shape index (κ2) is 7.47. The molecule has 0 aliphatic carbocycles. The van der Waals surface area contributed by atoms with Crippen LogP contribution in [0.5, 0.6) is 0 Å². The first-order valence-electron chi connectivity index (χ1n) is 9.58. The van der Waals surface area contributed by atoms with E-state index in [-0.39, 0.29) is 5.95 Å². The van der Waals surface area contributed by atoms with Crippen LogP contribution < -0.4 is 11.1 Å². The summed E-state index contributed by atoms with van der Waals surface area (Å²) in [7, 11) is 0. The number of rotatable bonds is 6. The minimum Gasteiger partial charge on any atom is -0.461 e. The third-order valence-corrected chi connectivity index (χ3v) is 5.06. The van der Waals surface area contributed by atoms with Gasteiger partial charge >= 0.3 is 0 Å². The molecular formula is C19H21N9O. The smallest absolute Gasteiger partial charge is 0.259 e. The minimum absolute atomic E-state index is 0.222. The van der Waals surface area contributed by atoms with Crippen molar-refractivity contribution in [3.63, 3.8) is 0 Å². The van der Waals surface area contributed by atoms with Crippen LogP contribution in [-0.4, -0.2) is 53.6 Å². The van der Waals surface area contributed by atoms with Crippen molar-refractivity contribution < 1.29 is 4.42 Å². The van der Waals surface area contributed by atoms with Gasteiger partial charge in [0, 0.05) is 25.3 Å². The number of nitrogens with zero attached hydrogens (tertiary/aromatic N) is 7. The first-order chi connectivity index (χ1) is 14.3. The van der Waals surface area contributed by atoms with Gasteiger partial charge in [0.2, 0.25) is 17.7 Å². The van der Waals surface area contributed by atoms with Crippen LogP contribution in [0.3, 0.4) is 0 Å². The summed E-state index contributed by atoms with van der Waals surface area (Å²) in [5, 5.41) is 7.62. The molecule has 10 nitrogen and oxygen atoms in total. The zero-order valence-electron chi connectivity index (χ0n) is 15.8. The molecule has 1 fully saturated rings. The molecule has 3 N–H and O–H groups in total. The standard InChI is InChI=1S/C19H21N9O/c20-17-24-18(25-19-23-16(26-28(17)19)15-7-4-10-29-15)22-11-14-6-3-9-27(14)12-13-5-1-2-8-21-13/h1-2,4-5,7-8,10,14H,3,6,9,11-12H2,(H3,20,22,23,24,25,26). The van der Waals surface area contributed by atoms with Gasteiger partial charge in [-0.15, -0.1) is 5.10 Å². The first-order valence-corrected chi connectivity index (χ1v) is 9.58. The molecule has 1 atom stereocenters. The molecule has 1 aliphatic heterocycles. The van der Waals surface area contributed by atoms with Gasteiger partial charge < -0.3 is 15.5 Å². The van der Waals surface area contributed by atoms with Crippen LogP contribution in [-0.2, 0) is 6.54 Å². The summed E-state index contributed by atoms with van der Waals surface area (Å²) >= 11 is 0. The van der Waals surface area contributed by atoms with E-state index in [9.17, 15) is 0 Å². The Balaban J connectivity index is 1.30. The lowest BCUT2D eigenvalue weighted by Gasteiger charge is -2.24. The summed E-state index contributed by atoms with van der Waals surface area (Å²) in [5.74, 6) is 2.02. The summed E-state index contributed by atoms with van der Waals surface area (Å²) in [6, 6.07) is 9.96. The van der Waals surface area contributed by atoms with Gasteiger partial charge in [0.25, 0.3) is 5.78 Å². The number of nitrogens with one attached hydrogen (secondary N) is 1. The molecule has 0 radical (unpaired) electrons. The predicted molar refractivity (Wildman–Crippen MR) is 107 cm³/mol. The van der Waals surface area contributed by atoms with Gasteiger partial charge in [0.15, 0.2) is 5.76 Å². The van der Waals surface area contributed by atoms with Gasteiger partial charge in [-0.1, -0.05) is 6.07 Å². The zero-order valence-corrected chi connectivity index (χ0v) is 15.8. The summed E-state index contributed by atoms with van der Waals surface area (Å²) < 4.78 is 6.75. The van der Waals surface area contributed by atoms with Gasteiger partial charge in [0.05, 0.1) is 12.0 Å². The normalized spacial score (nSPS) is 17.2. The third-order valence-electron chi connectivity index (χ3n) is 5.06. The van der Waals surface area contributed by atoms with Crippen LogP contribution in [0.2, 0.25) is 0 Å². The van der Waals surface area contributed by atoms with Crippen molar-refractivity contribution in [2.45, 2.75) is 25.4 Å². The molecular weight excluding hydrogens is 370 g/mol. The van der Waals surface area contributed by atoms with Gasteiger partial charge in [0.1, 0.15) is 0 Å². The highest BCUT2D eigenvalue weighted by molar-refractivity contribution is 5.52. The lowest BCUT2D eigenvalue weighted by Crippen LogP contribution is -2.35. The molecule has 1 aliphatic rings. The molecule has 0 saturated carbocycles. The van der Waals surface area contributed by atoms with E-state index in [1.165, 1.54) is 4.52 Å². The van der Waals surface area contributed by atoms with E-state index in [0.717, 1.165) is 38.2 Å². The Morgan fingerprint density at radius 2 is 2.14 bits per heavy atom. The van der Waals surface area contributed by atoms with E-state index in [1.54, 1.807) is 18.4 Å². The third kappa shape index (κ3) is 3.61. The summed E-state index contributed by atoms with van der Waals surface area (Å²) in [6.45, 7) is 2.62. The number of nitrogen functional groups attached to an aromatic ring is 1. The number of fused-ring (bicyclic) bond motifs is 1. The maximum Gasteiger partial charge on any atom is 0.259 e. The van der Waals surface area contributed by atoms with Crippen LogP contribution in [0.25, 0.3) is 17.4 Å². The van der Waals surface area contributed by atoms with Crippen molar-refractivity contribution in [3.05, 3.63) is 48.5 Å². The maximum atomic E-state index is 6.06. The molecule has 148 valence electrons. The number of furan rings is 1. The fourth-order valence-corrected chi connectivity index (χ4v) is 3.64. The van der Waals surface area contributed by atoms with Crippen molar-refractivity contribution in [1.29, 1.82) is 0 Å². The Morgan fingerprint density at radius 3 is 2.97 bits per heavy atom. The predicted octanol–water partition coefficient (Wildman–Crippen LogP) is 1.83. The number of hydrogen-bond acceptors (Lipinski definition) is 9. The van der Waals surface area contributed by atoms with Gasteiger partial charge in [-0.2, -0.15) is 19.5 Å². The molecule has 1 saturated heterocycles. The second-order valence-electron chi connectivity index (χ2n) is 7.00. The summed E-state index contributed by atoms with van der Waals surface area (Å²) in [4.78, 5) is 20.0. The molecule has 5 heterocycles. The highest BCUT2D eigenvalue weighted by Crippen LogP contribution is 2.21. The zero-order chi connectivity index (χ0) is 19.6. The maximum absolute atomic E-state index is 6.06. The number of nitrogens with two attached hydrogens (primary N) is 1. The molecule has 5 rings (SSSR count). The topological polar surface area (TPSA) is 123 Å². The van der Waals surface area contributed by atoms with E-state index in [1.807, 2.05) is 18.3 Å². The SMILES string of the molecule is Nc1nc(NCC2CCCN2Cc2ccccn2)nc2nc(-c3ccco3)nn12. The van der Waals surface area contributed by atoms with Crippen LogP contribution in [0, 0.1) is 0 Å². The number of hydrogen-bond donors (Lipinski definition) is 2. The highest BCUT2D eigenvalue weighted by atomic mass is 16.3. The minimum atomic E-state index is 0.222. The molecule has 10 heteroatoms. The Morgan fingerprint density at radius 1 is 1.17 bits per heavy atom. The summed E-state index contributed by atoms with van der Waals surface area (Å²) in [6.07, 6.45) is 5.68. The molecule has 0 bridgehead atoms. The van der Waals surface area contributed by atoms with E-state index in [0.29, 0.717) is 29.4 Å². The lowest BCUT2D eigenvalue weighted by atomic mass is 10.2. The molecule has 0 spiro atoms. The Labute approximate surface area is 166 Å². The van der Waals surface area contributed by atoms with E-state index in [4.69, 9.17) is 10.2 Å². The van der Waals surface area contributed by atoms with E-state index in [2.05, 4.69) is 41.3 Å². The van der Waals surface area contributed by atoms with Gasteiger partial charge in [-0.25, -0.2) is 0 Å². The van der Waals surface area contributed by atoms with E-state index < -0.39 is 0 Å². The van der Waals surface area contributed by atoms with Gasteiger partial charge in [-0.05, 0) is 43.7 Å². The fourth-order valence-electron chi connectivity index (χ4n) is 3.64. The Hall–Kier alpha value is -3.53. The molecule has 0 amide bonds. The van der Waals surface area contributed by atoms with Crippen molar-refractivity contribution in [2.24, 2.45) is 0 Å². The van der Waals surface area contributed by atoms with Crippen LogP contribution >= 0.6 is 0 Å². The Kier molecular flexibility index (Phi) is 4.53. The second-order valence-corrected chi connectivity index (χ2v) is 7.00. The van der Waals surface area contributed by atoms with Crippen LogP contribution in [0.1, 0.15) is 18.5 Å². The molecule has 1 unspecified atom stereocenters. The van der Waals surface area contributed by atoms with Crippen molar-refractivity contribution in [3.8, 4) is 11.6 Å². The number of aromatic nitrogens is 6. The first kappa shape index (κ1) is 17.6. The lowest BCUT2D eigenvalue weighted by molar-refractivity contribution is 0.251. The van der Waals surface area contributed by atoms with Crippen molar-refractivity contribution in [2.75, 3.05) is 24.1 Å². The van der Waals surface area contributed by atoms with Crippen LogP contribution in [0.4, 0.5) is 11.9 Å².